The molecule has 23 heavy (non-hydrogen) atoms. The van der Waals surface area contributed by atoms with E-state index in [9.17, 15) is 8.42 Å². The summed E-state index contributed by atoms with van der Waals surface area (Å²) in [7, 11) is -3.69. The van der Waals surface area contributed by atoms with Gasteiger partial charge in [0.15, 0.2) is 5.76 Å². The van der Waals surface area contributed by atoms with Crippen LogP contribution in [0.3, 0.4) is 0 Å². The largest absolute Gasteiger partial charge is 0.360 e. The lowest BCUT2D eigenvalue weighted by Crippen LogP contribution is -2.24. The van der Waals surface area contributed by atoms with Crippen LogP contribution in [0.15, 0.2) is 44.6 Å². The number of nitrogens with zero attached hydrogens (tertiary/aromatic N) is 2. The molecule has 0 fully saturated rings. The number of aromatic nitrogens is 2. The first-order valence-electron chi connectivity index (χ1n) is 6.88. The molecular weight excluding hydrogens is 334 g/mol. The van der Waals surface area contributed by atoms with Crippen LogP contribution < -0.4 is 4.72 Å². The van der Waals surface area contributed by atoms with Crippen molar-refractivity contribution in [2.75, 3.05) is 0 Å². The fraction of sp³-hybridized carbons (Fsp3) is 0.200. The molecule has 3 aromatic rings. The molecule has 0 unspecified atom stereocenters. The summed E-state index contributed by atoms with van der Waals surface area (Å²) in [4.78, 5) is 4.46. The summed E-state index contributed by atoms with van der Waals surface area (Å²) < 4.78 is 32.5. The van der Waals surface area contributed by atoms with Gasteiger partial charge in [-0.1, -0.05) is 11.2 Å². The molecule has 1 N–H and O–H groups in total. The molecule has 0 radical (unpaired) electrons. The van der Waals surface area contributed by atoms with E-state index in [1.807, 2.05) is 22.9 Å². The average molecular weight is 349 g/mol. The standard InChI is InChI=1S/C15H15N3O3S2/c1-10-15(11(2)21-18-10)23(19,20)17-8-12-4-3-6-16-14(12)13-5-7-22-9-13/h3-7,9,17H,8H2,1-2H3. The van der Waals surface area contributed by atoms with E-state index in [0.717, 1.165) is 16.8 Å². The zero-order valence-corrected chi connectivity index (χ0v) is 14.2. The van der Waals surface area contributed by atoms with Crippen molar-refractivity contribution in [2.24, 2.45) is 0 Å². The Balaban J connectivity index is 1.87. The molecular formula is C15H15N3O3S2. The first kappa shape index (κ1) is 15.9. The summed E-state index contributed by atoms with van der Waals surface area (Å²) in [5, 5.41) is 7.63. The van der Waals surface area contributed by atoms with Crippen LogP contribution in [-0.2, 0) is 16.6 Å². The highest BCUT2D eigenvalue weighted by Crippen LogP contribution is 2.24. The van der Waals surface area contributed by atoms with Crippen molar-refractivity contribution in [1.82, 2.24) is 14.9 Å². The third-order valence-corrected chi connectivity index (χ3v) is 5.70. The smallest absolute Gasteiger partial charge is 0.246 e. The summed E-state index contributed by atoms with van der Waals surface area (Å²) >= 11 is 1.57. The van der Waals surface area contributed by atoms with E-state index in [-0.39, 0.29) is 17.2 Å². The molecule has 0 atom stereocenters. The lowest BCUT2D eigenvalue weighted by atomic mass is 10.1. The molecule has 0 spiro atoms. The van der Waals surface area contributed by atoms with Gasteiger partial charge in [0.2, 0.25) is 10.0 Å². The molecule has 0 aliphatic rings. The number of pyridine rings is 1. The van der Waals surface area contributed by atoms with Crippen molar-refractivity contribution in [3.63, 3.8) is 0 Å². The number of nitrogens with one attached hydrogen (secondary N) is 1. The van der Waals surface area contributed by atoms with Crippen molar-refractivity contribution in [2.45, 2.75) is 25.3 Å². The molecule has 3 aromatic heterocycles. The quantitative estimate of drug-likeness (QED) is 0.765. The lowest BCUT2D eigenvalue weighted by molar-refractivity contribution is 0.390. The SMILES string of the molecule is Cc1noc(C)c1S(=O)(=O)NCc1cccnc1-c1ccsc1. The first-order chi connectivity index (χ1) is 11.0. The van der Waals surface area contributed by atoms with E-state index in [1.54, 1.807) is 37.4 Å². The maximum absolute atomic E-state index is 12.5. The summed E-state index contributed by atoms with van der Waals surface area (Å²) in [6.07, 6.45) is 1.69. The van der Waals surface area contributed by atoms with Crippen LogP contribution in [0.25, 0.3) is 11.3 Å². The van der Waals surface area contributed by atoms with E-state index >= 15 is 0 Å². The molecule has 3 rings (SSSR count). The molecule has 0 aromatic carbocycles. The molecule has 3 heterocycles. The van der Waals surface area contributed by atoms with Crippen molar-refractivity contribution in [3.05, 3.63) is 52.2 Å². The number of hydrogen-bond donors (Lipinski definition) is 1. The molecule has 0 bridgehead atoms. The minimum absolute atomic E-state index is 0.0958. The summed E-state index contributed by atoms with van der Waals surface area (Å²) in [6.45, 7) is 3.33. The highest BCUT2D eigenvalue weighted by molar-refractivity contribution is 7.89. The number of hydrogen-bond acceptors (Lipinski definition) is 6. The molecule has 0 aliphatic carbocycles. The fourth-order valence-electron chi connectivity index (χ4n) is 2.34. The molecule has 0 aliphatic heterocycles. The van der Waals surface area contributed by atoms with E-state index in [2.05, 4.69) is 14.9 Å². The van der Waals surface area contributed by atoms with E-state index in [0.29, 0.717) is 5.69 Å². The van der Waals surface area contributed by atoms with Gasteiger partial charge >= 0.3 is 0 Å². The Morgan fingerprint density at radius 3 is 2.78 bits per heavy atom. The van der Waals surface area contributed by atoms with E-state index in [1.165, 1.54) is 0 Å². The Bertz CT molecular complexity index is 896. The van der Waals surface area contributed by atoms with Crippen LogP contribution in [0.2, 0.25) is 0 Å². The van der Waals surface area contributed by atoms with E-state index < -0.39 is 10.0 Å². The highest BCUT2D eigenvalue weighted by atomic mass is 32.2. The Kier molecular flexibility index (Phi) is 4.29. The summed E-state index contributed by atoms with van der Waals surface area (Å²) in [6, 6.07) is 5.60. The van der Waals surface area contributed by atoms with Crippen LogP contribution in [0.1, 0.15) is 17.0 Å². The van der Waals surface area contributed by atoms with Gasteiger partial charge in [-0.25, -0.2) is 13.1 Å². The van der Waals surface area contributed by atoms with Crippen LogP contribution in [0, 0.1) is 13.8 Å². The summed E-state index contributed by atoms with van der Waals surface area (Å²) in [5.74, 6) is 0.277. The second kappa shape index (κ2) is 6.23. The molecule has 120 valence electrons. The zero-order valence-electron chi connectivity index (χ0n) is 12.6. The van der Waals surface area contributed by atoms with Gasteiger partial charge in [0.05, 0.1) is 5.69 Å². The molecule has 0 saturated heterocycles. The third-order valence-electron chi connectivity index (χ3n) is 3.38. The highest BCUT2D eigenvalue weighted by Gasteiger charge is 2.24. The predicted octanol–water partition coefficient (Wildman–Crippen LogP) is 2.89. The van der Waals surface area contributed by atoms with Gasteiger partial charge in [-0.15, -0.1) is 0 Å². The maximum atomic E-state index is 12.5. The first-order valence-corrected chi connectivity index (χ1v) is 9.30. The minimum atomic E-state index is -3.69. The van der Waals surface area contributed by atoms with Crippen LogP contribution in [-0.4, -0.2) is 18.6 Å². The number of sulfonamides is 1. The van der Waals surface area contributed by atoms with Gasteiger partial charge < -0.3 is 4.52 Å². The van der Waals surface area contributed by atoms with Crippen molar-refractivity contribution in [1.29, 1.82) is 0 Å². The molecule has 0 saturated carbocycles. The summed E-state index contributed by atoms with van der Waals surface area (Å²) in [5.41, 5.74) is 2.90. The van der Waals surface area contributed by atoms with Gasteiger partial charge in [-0.05, 0) is 36.9 Å². The topological polar surface area (TPSA) is 85.1 Å². The zero-order chi connectivity index (χ0) is 16.4. The third kappa shape index (κ3) is 3.19. The van der Waals surface area contributed by atoms with Gasteiger partial charge in [0, 0.05) is 23.7 Å². The number of thiophene rings is 1. The Labute approximate surface area is 138 Å². The number of rotatable bonds is 5. The Hall–Kier alpha value is -2.03. The Morgan fingerprint density at radius 1 is 1.30 bits per heavy atom. The van der Waals surface area contributed by atoms with Crippen molar-refractivity contribution < 1.29 is 12.9 Å². The normalized spacial score (nSPS) is 11.7. The van der Waals surface area contributed by atoms with Crippen LogP contribution >= 0.6 is 11.3 Å². The van der Waals surface area contributed by atoms with Gasteiger partial charge in [-0.3, -0.25) is 4.98 Å². The van der Waals surface area contributed by atoms with Gasteiger partial charge in [-0.2, -0.15) is 11.3 Å². The van der Waals surface area contributed by atoms with E-state index in [4.69, 9.17) is 4.52 Å². The minimum Gasteiger partial charge on any atom is -0.360 e. The van der Waals surface area contributed by atoms with Crippen LogP contribution in [0.4, 0.5) is 0 Å². The average Bonchev–Trinajstić information content (AvgIpc) is 3.16. The second-order valence-corrected chi connectivity index (χ2v) is 7.48. The lowest BCUT2D eigenvalue weighted by Gasteiger charge is -2.09. The van der Waals surface area contributed by atoms with Gasteiger partial charge in [0.1, 0.15) is 10.6 Å². The van der Waals surface area contributed by atoms with Crippen molar-refractivity contribution >= 4 is 21.4 Å². The molecule has 0 amide bonds. The van der Waals surface area contributed by atoms with Crippen molar-refractivity contribution in [3.8, 4) is 11.3 Å². The monoisotopic (exact) mass is 349 g/mol. The Morgan fingerprint density at radius 2 is 2.13 bits per heavy atom. The molecule has 6 nitrogen and oxygen atoms in total. The van der Waals surface area contributed by atoms with Gasteiger partial charge in [0.25, 0.3) is 0 Å². The number of aryl methyl sites for hydroxylation is 2. The fourth-order valence-corrected chi connectivity index (χ4v) is 4.32. The molecule has 8 heteroatoms. The maximum Gasteiger partial charge on any atom is 0.246 e. The predicted molar refractivity (Wildman–Crippen MR) is 87.6 cm³/mol. The van der Waals surface area contributed by atoms with Crippen LogP contribution in [0.5, 0.6) is 0 Å². The second-order valence-electron chi connectivity index (χ2n) is 5.00.